The summed E-state index contributed by atoms with van der Waals surface area (Å²) in [7, 11) is -2.51. The maximum absolute atomic E-state index is 13.1. The van der Waals surface area contributed by atoms with E-state index in [0.717, 1.165) is 21.2 Å². The van der Waals surface area contributed by atoms with Crippen LogP contribution in [-0.4, -0.2) is 31.2 Å². The SMILES string of the molecule is Cc1cc(C)n(C(=O)c2sccc2S(=O)(=O)N(C)c2ccc(C)c(Cl)c2)n1. The molecule has 1 aromatic carbocycles. The van der Waals surface area contributed by atoms with E-state index in [0.29, 0.717) is 22.1 Å². The number of sulfonamides is 1. The van der Waals surface area contributed by atoms with Crippen LogP contribution in [0.4, 0.5) is 5.69 Å². The summed E-state index contributed by atoms with van der Waals surface area (Å²) >= 11 is 7.20. The third kappa shape index (κ3) is 3.52. The van der Waals surface area contributed by atoms with Crippen molar-refractivity contribution in [2.45, 2.75) is 25.7 Å². The number of aryl methyl sites for hydroxylation is 3. The van der Waals surface area contributed by atoms with Crippen molar-refractivity contribution in [2.24, 2.45) is 0 Å². The fourth-order valence-corrected chi connectivity index (χ4v) is 5.33. The van der Waals surface area contributed by atoms with Gasteiger partial charge in [-0.3, -0.25) is 9.10 Å². The molecule has 142 valence electrons. The number of carbonyl (C=O) groups excluding carboxylic acids is 1. The number of carbonyl (C=O) groups is 1. The number of halogens is 1. The average molecular weight is 424 g/mol. The lowest BCUT2D eigenvalue weighted by Gasteiger charge is -2.20. The highest BCUT2D eigenvalue weighted by Crippen LogP contribution is 2.30. The minimum atomic E-state index is -3.94. The molecule has 2 heterocycles. The molecule has 0 N–H and O–H groups in total. The van der Waals surface area contributed by atoms with Crippen LogP contribution in [0.3, 0.4) is 0 Å². The molecular weight excluding hydrogens is 406 g/mol. The van der Waals surface area contributed by atoms with E-state index >= 15 is 0 Å². The van der Waals surface area contributed by atoms with Crippen molar-refractivity contribution in [3.63, 3.8) is 0 Å². The lowest BCUT2D eigenvalue weighted by Crippen LogP contribution is -2.28. The molecule has 2 aromatic heterocycles. The number of hydrogen-bond donors (Lipinski definition) is 0. The molecule has 0 saturated carbocycles. The van der Waals surface area contributed by atoms with E-state index in [9.17, 15) is 13.2 Å². The molecule has 0 atom stereocenters. The van der Waals surface area contributed by atoms with Crippen LogP contribution < -0.4 is 4.31 Å². The molecular formula is C18H18ClN3O3S2. The lowest BCUT2D eigenvalue weighted by molar-refractivity contribution is 0.0943. The summed E-state index contributed by atoms with van der Waals surface area (Å²) < 4.78 is 28.6. The van der Waals surface area contributed by atoms with Gasteiger partial charge in [0.25, 0.3) is 15.9 Å². The summed E-state index contributed by atoms with van der Waals surface area (Å²) in [6, 6.07) is 8.21. The van der Waals surface area contributed by atoms with Crippen molar-refractivity contribution in [1.29, 1.82) is 0 Å². The number of nitrogens with zero attached hydrogens (tertiary/aromatic N) is 3. The topological polar surface area (TPSA) is 72.3 Å². The first-order chi connectivity index (χ1) is 12.6. The van der Waals surface area contributed by atoms with Gasteiger partial charge in [0, 0.05) is 17.8 Å². The molecule has 3 rings (SSSR count). The van der Waals surface area contributed by atoms with Crippen LogP contribution in [0.1, 0.15) is 26.6 Å². The fourth-order valence-electron chi connectivity index (χ4n) is 2.65. The van der Waals surface area contributed by atoms with E-state index in [2.05, 4.69) is 5.10 Å². The van der Waals surface area contributed by atoms with E-state index in [-0.39, 0.29) is 9.77 Å². The van der Waals surface area contributed by atoms with Gasteiger partial charge in [-0.05, 0) is 56.0 Å². The standard InChI is InChI=1S/C18H18ClN3O3S2/c1-11-5-6-14(10-15(11)19)21(4)27(24,25)16-7-8-26-17(16)18(23)22-13(3)9-12(2)20-22/h5-10H,1-4H3. The van der Waals surface area contributed by atoms with E-state index in [4.69, 9.17) is 11.6 Å². The third-order valence-corrected chi connectivity index (χ3v) is 7.45. The van der Waals surface area contributed by atoms with Crippen LogP contribution in [0.5, 0.6) is 0 Å². The van der Waals surface area contributed by atoms with Crippen molar-refractivity contribution in [3.8, 4) is 0 Å². The van der Waals surface area contributed by atoms with Crippen LogP contribution >= 0.6 is 22.9 Å². The highest BCUT2D eigenvalue weighted by molar-refractivity contribution is 7.93. The van der Waals surface area contributed by atoms with E-state index in [1.165, 1.54) is 17.8 Å². The maximum Gasteiger partial charge on any atom is 0.289 e. The second-order valence-electron chi connectivity index (χ2n) is 6.16. The quantitative estimate of drug-likeness (QED) is 0.634. The Balaban J connectivity index is 2.04. The Morgan fingerprint density at radius 3 is 2.48 bits per heavy atom. The zero-order chi connectivity index (χ0) is 19.9. The summed E-state index contributed by atoms with van der Waals surface area (Å²) in [5.74, 6) is -0.468. The summed E-state index contributed by atoms with van der Waals surface area (Å²) in [4.78, 5) is 12.9. The average Bonchev–Trinajstić information content (AvgIpc) is 3.23. The first kappa shape index (κ1) is 19.6. The largest absolute Gasteiger partial charge is 0.289 e. The Morgan fingerprint density at radius 2 is 1.89 bits per heavy atom. The molecule has 6 nitrogen and oxygen atoms in total. The molecule has 3 aromatic rings. The molecule has 27 heavy (non-hydrogen) atoms. The highest BCUT2D eigenvalue weighted by Gasteiger charge is 2.30. The van der Waals surface area contributed by atoms with Gasteiger partial charge in [0.1, 0.15) is 9.77 Å². The molecule has 0 saturated heterocycles. The van der Waals surface area contributed by atoms with Gasteiger partial charge in [-0.1, -0.05) is 17.7 Å². The Kier molecular flexibility index (Phi) is 5.16. The van der Waals surface area contributed by atoms with Crippen molar-refractivity contribution in [3.05, 3.63) is 62.6 Å². The van der Waals surface area contributed by atoms with Gasteiger partial charge in [0.05, 0.1) is 11.4 Å². The van der Waals surface area contributed by atoms with Gasteiger partial charge >= 0.3 is 0 Å². The van der Waals surface area contributed by atoms with Gasteiger partial charge in [-0.25, -0.2) is 13.1 Å². The summed E-state index contributed by atoms with van der Waals surface area (Å²) in [5.41, 5.74) is 2.60. The van der Waals surface area contributed by atoms with Crippen LogP contribution in [0.25, 0.3) is 0 Å². The number of hydrogen-bond acceptors (Lipinski definition) is 5. The van der Waals surface area contributed by atoms with Crippen molar-refractivity contribution < 1.29 is 13.2 Å². The van der Waals surface area contributed by atoms with E-state index < -0.39 is 15.9 Å². The molecule has 0 fully saturated rings. The van der Waals surface area contributed by atoms with Crippen LogP contribution in [0.2, 0.25) is 5.02 Å². The minimum absolute atomic E-state index is 0.0516. The number of rotatable bonds is 4. The Hall–Kier alpha value is -2.16. The van der Waals surface area contributed by atoms with Crippen molar-refractivity contribution >= 4 is 44.6 Å². The van der Waals surface area contributed by atoms with E-state index in [1.54, 1.807) is 43.5 Å². The van der Waals surface area contributed by atoms with Gasteiger partial charge in [-0.2, -0.15) is 5.10 Å². The predicted molar refractivity (Wildman–Crippen MR) is 108 cm³/mol. The van der Waals surface area contributed by atoms with Crippen LogP contribution in [-0.2, 0) is 10.0 Å². The zero-order valence-corrected chi connectivity index (χ0v) is 17.6. The molecule has 0 spiro atoms. The molecule has 0 radical (unpaired) electrons. The smallest absolute Gasteiger partial charge is 0.269 e. The van der Waals surface area contributed by atoms with Crippen molar-refractivity contribution in [1.82, 2.24) is 9.78 Å². The van der Waals surface area contributed by atoms with Gasteiger partial charge in [0.2, 0.25) is 0 Å². The Labute approximate surface area is 167 Å². The van der Waals surface area contributed by atoms with Gasteiger partial charge < -0.3 is 0 Å². The lowest BCUT2D eigenvalue weighted by atomic mass is 10.2. The number of thiophene rings is 1. The fraction of sp³-hybridized carbons (Fsp3) is 0.222. The first-order valence-corrected chi connectivity index (χ1v) is 10.7. The molecule has 0 bridgehead atoms. The van der Waals surface area contributed by atoms with Crippen LogP contribution in [0.15, 0.2) is 40.6 Å². The number of benzene rings is 1. The summed E-state index contributed by atoms with van der Waals surface area (Å²) in [6.45, 7) is 5.36. The normalized spacial score (nSPS) is 11.6. The van der Waals surface area contributed by atoms with Crippen LogP contribution in [0, 0.1) is 20.8 Å². The van der Waals surface area contributed by atoms with Crippen molar-refractivity contribution in [2.75, 3.05) is 11.4 Å². The molecule has 9 heteroatoms. The monoisotopic (exact) mass is 423 g/mol. The molecule has 0 amide bonds. The molecule has 0 aliphatic heterocycles. The number of anilines is 1. The molecule has 0 aliphatic rings. The highest BCUT2D eigenvalue weighted by atomic mass is 35.5. The maximum atomic E-state index is 13.1. The predicted octanol–water partition coefficient (Wildman–Crippen LogP) is 4.04. The van der Waals surface area contributed by atoms with Gasteiger partial charge in [0.15, 0.2) is 0 Å². The minimum Gasteiger partial charge on any atom is -0.269 e. The molecule has 0 aliphatic carbocycles. The second kappa shape index (κ2) is 7.10. The summed E-state index contributed by atoms with van der Waals surface area (Å²) in [5, 5.41) is 6.22. The Morgan fingerprint density at radius 1 is 1.19 bits per heavy atom. The van der Waals surface area contributed by atoms with E-state index in [1.807, 2.05) is 6.92 Å². The number of aromatic nitrogens is 2. The van der Waals surface area contributed by atoms with Gasteiger partial charge in [-0.15, -0.1) is 11.3 Å². The summed E-state index contributed by atoms with van der Waals surface area (Å²) in [6.07, 6.45) is 0. The molecule has 0 unspecified atom stereocenters. The third-order valence-electron chi connectivity index (χ3n) is 4.18. The Bertz CT molecular complexity index is 1130. The first-order valence-electron chi connectivity index (χ1n) is 8.03. The zero-order valence-electron chi connectivity index (χ0n) is 15.2. The second-order valence-corrected chi connectivity index (χ2v) is 9.43.